The molecule has 7 heteroatoms. The van der Waals surface area contributed by atoms with Crippen LogP contribution in [0.25, 0.3) is 0 Å². The summed E-state index contributed by atoms with van der Waals surface area (Å²) in [6.07, 6.45) is 3.50. The number of nitrogens with zero attached hydrogens (tertiary/aromatic N) is 3. The fraction of sp³-hybridized carbons (Fsp3) is 0.500. The van der Waals surface area contributed by atoms with E-state index in [0.717, 1.165) is 38.6 Å². The van der Waals surface area contributed by atoms with Crippen LogP contribution in [0.2, 0.25) is 0 Å². The predicted octanol–water partition coefficient (Wildman–Crippen LogP) is 3.97. The van der Waals surface area contributed by atoms with Gasteiger partial charge in [0.05, 0.1) is 12.2 Å². The van der Waals surface area contributed by atoms with Crippen molar-refractivity contribution in [3.8, 4) is 0 Å². The second-order valence-electron chi connectivity index (χ2n) is 6.68. The number of aryl methyl sites for hydroxylation is 1. The molecule has 1 aromatic carbocycles. The van der Waals surface area contributed by atoms with Crippen molar-refractivity contribution in [2.45, 2.75) is 39.7 Å². The molecule has 27 heavy (non-hydrogen) atoms. The highest BCUT2D eigenvalue weighted by Gasteiger charge is 2.15. The maximum atomic E-state index is 4.78. The summed E-state index contributed by atoms with van der Waals surface area (Å²) >= 11 is 1.77. The second-order valence-corrected chi connectivity index (χ2v) is 7.51. The zero-order chi connectivity index (χ0) is 18.2. The van der Waals surface area contributed by atoms with E-state index < -0.39 is 0 Å². The van der Waals surface area contributed by atoms with Gasteiger partial charge in [0.15, 0.2) is 11.1 Å². The van der Waals surface area contributed by atoms with Crippen LogP contribution in [0.4, 0.5) is 5.13 Å². The summed E-state index contributed by atoms with van der Waals surface area (Å²) in [7, 11) is 0. The van der Waals surface area contributed by atoms with Gasteiger partial charge >= 0.3 is 0 Å². The first-order valence-electron chi connectivity index (χ1n) is 9.51. The lowest BCUT2D eigenvalue weighted by Crippen LogP contribution is -2.38. The van der Waals surface area contributed by atoms with Gasteiger partial charge < -0.3 is 15.5 Å². The van der Waals surface area contributed by atoms with Crippen molar-refractivity contribution < 1.29 is 0 Å². The molecule has 2 aromatic rings. The molecule has 0 amide bonds. The van der Waals surface area contributed by atoms with Crippen molar-refractivity contribution in [2.75, 3.05) is 31.1 Å². The van der Waals surface area contributed by atoms with Crippen LogP contribution in [-0.2, 0) is 13.0 Å². The molecule has 1 saturated heterocycles. The molecule has 2 N–H and O–H groups in total. The van der Waals surface area contributed by atoms with Gasteiger partial charge in [0, 0.05) is 38.0 Å². The normalized spacial score (nSPS) is 14.1. The standard InChI is InChI=1S/C20H29N5S.HI/c1-3-21-19(23-14-17-8-6-7-16(2)13-17)22-10-9-18-15-26-20(24-18)25-11-4-5-12-25;/h6-8,13,15H,3-5,9-12,14H2,1-2H3,(H2,21,22,23);1H. The van der Waals surface area contributed by atoms with Gasteiger partial charge in [-0.15, -0.1) is 35.3 Å². The van der Waals surface area contributed by atoms with Crippen LogP contribution in [0.1, 0.15) is 36.6 Å². The van der Waals surface area contributed by atoms with Gasteiger partial charge in [0.2, 0.25) is 0 Å². The van der Waals surface area contributed by atoms with E-state index in [1.807, 2.05) is 0 Å². The molecular formula is C20H30IN5S. The number of anilines is 1. The number of nitrogens with one attached hydrogen (secondary N) is 2. The first-order chi connectivity index (χ1) is 12.7. The Balaban J connectivity index is 0.00000261. The zero-order valence-electron chi connectivity index (χ0n) is 16.2. The summed E-state index contributed by atoms with van der Waals surface area (Å²) < 4.78 is 0. The van der Waals surface area contributed by atoms with Crippen molar-refractivity contribution in [1.29, 1.82) is 0 Å². The van der Waals surface area contributed by atoms with E-state index in [9.17, 15) is 0 Å². The number of rotatable bonds is 7. The highest BCUT2D eigenvalue weighted by atomic mass is 127. The SMILES string of the molecule is CCNC(=NCc1cccc(C)c1)NCCc1csc(N2CCCC2)n1.I. The minimum absolute atomic E-state index is 0. The van der Waals surface area contributed by atoms with E-state index in [1.165, 1.54) is 34.8 Å². The Morgan fingerprint density at radius 3 is 2.81 bits per heavy atom. The molecule has 1 aromatic heterocycles. The molecule has 3 rings (SSSR count). The minimum atomic E-state index is 0. The predicted molar refractivity (Wildman–Crippen MR) is 127 cm³/mol. The number of benzene rings is 1. The number of aromatic nitrogens is 1. The third-order valence-corrected chi connectivity index (χ3v) is 5.39. The summed E-state index contributed by atoms with van der Waals surface area (Å²) in [6, 6.07) is 8.50. The van der Waals surface area contributed by atoms with Crippen molar-refractivity contribution in [3.63, 3.8) is 0 Å². The maximum Gasteiger partial charge on any atom is 0.191 e. The van der Waals surface area contributed by atoms with Crippen molar-refractivity contribution in [3.05, 3.63) is 46.5 Å². The Bertz CT molecular complexity index is 725. The number of guanidine groups is 1. The smallest absolute Gasteiger partial charge is 0.191 e. The third-order valence-electron chi connectivity index (χ3n) is 4.44. The molecule has 0 atom stereocenters. The summed E-state index contributed by atoms with van der Waals surface area (Å²) in [5.74, 6) is 0.865. The van der Waals surface area contributed by atoms with Crippen LogP contribution in [0.15, 0.2) is 34.6 Å². The van der Waals surface area contributed by atoms with Crippen LogP contribution >= 0.6 is 35.3 Å². The molecular weight excluding hydrogens is 469 g/mol. The van der Waals surface area contributed by atoms with Gasteiger partial charge in [-0.1, -0.05) is 29.8 Å². The number of hydrogen-bond donors (Lipinski definition) is 2. The van der Waals surface area contributed by atoms with E-state index in [2.05, 4.69) is 59.0 Å². The molecule has 0 bridgehead atoms. The van der Waals surface area contributed by atoms with E-state index in [0.29, 0.717) is 6.54 Å². The maximum absolute atomic E-state index is 4.78. The molecule has 5 nitrogen and oxygen atoms in total. The molecule has 1 fully saturated rings. The third kappa shape index (κ3) is 6.95. The van der Waals surface area contributed by atoms with E-state index in [1.54, 1.807) is 11.3 Å². The van der Waals surface area contributed by atoms with Gasteiger partial charge in [0.1, 0.15) is 0 Å². The number of halogens is 1. The fourth-order valence-electron chi connectivity index (χ4n) is 3.10. The Labute approximate surface area is 183 Å². The lowest BCUT2D eigenvalue weighted by atomic mass is 10.1. The number of thiazole rings is 1. The van der Waals surface area contributed by atoms with Crippen LogP contribution in [0.3, 0.4) is 0 Å². The van der Waals surface area contributed by atoms with E-state index >= 15 is 0 Å². The molecule has 0 unspecified atom stereocenters. The van der Waals surface area contributed by atoms with E-state index in [4.69, 9.17) is 9.98 Å². The molecule has 0 spiro atoms. The van der Waals surface area contributed by atoms with Gasteiger partial charge in [-0.25, -0.2) is 9.98 Å². The molecule has 1 aliphatic rings. The van der Waals surface area contributed by atoms with Gasteiger partial charge in [-0.2, -0.15) is 0 Å². The summed E-state index contributed by atoms with van der Waals surface area (Å²) in [5.41, 5.74) is 3.67. The molecule has 2 heterocycles. The summed E-state index contributed by atoms with van der Waals surface area (Å²) in [4.78, 5) is 11.9. The van der Waals surface area contributed by atoms with Crippen molar-refractivity contribution in [2.24, 2.45) is 4.99 Å². The Kier molecular flexibility index (Phi) is 9.33. The summed E-state index contributed by atoms with van der Waals surface area (Å²) in [5, 5.41) is 10.1. The zero-order valence-corrected chi connectivity index (χ0v) is 19.3. The molecule has 1 aliphatic heterocycles. The fourth-order valence-corrected chi connectivity index (χ4v) is 4.01. The summed E-state index contributed by atoms with van der Waals surface area (Å²) in [6.45, 7) is 8.89. The minimum Gasteiger partial charge on any atom is -0.357 e. The van der Waals surface area contributed by atoms with Crippen molar-refractivity contribution in [1.82, 2.24) is 15.6 Å². The van der Waals surface area contributed by atoms with Gasteiger partial charge in [-0.3, -0.25) is 0 Å². The first-order valence-corrected chi connectivity index (χ1v) is 10.4. The molecule has 0 aliphatic carbocycles. The highest BCUT2D eigenvalue weighted by Crippen LogP contribution is 2.24. The molecule has 148 valence electrons. The molecule has 0 saturated carbocycles. The second kappa shape index (κ2) is 11.5. The lowest BCUT2D eigenvalue weighted by Gasteiger charge is -2.12. The van der Waals surface area contributed by atoms with Crippen LogP contribution in [0.5, 0.6) is 0 Å². The topological polar surface area (TPSA) is 52.6 Å². The first kappa shape index (κ1) is 21.9. The van der Waals surface area contributed by atoms with Gasteiger partial charge in [0.25, 0.3) is 0 Å². The largest absolute Gasteiger partial charge is 0.357 e. The molecule has 0 radical (unpaired) electrons. The average molecular weight is 499 g/mol. The van der Waals surface area contributed by atoms with Crippen molar-refractivity contribution >= 4 is 46.4 Å². The van der Waals surface area contributed by atoms with Crippen LogP contribution in [-0.4, -0.2) is 37.1 Å². The average Bonchev–Trinajstić information content (AvgIpc) is 3.31. The van der Waals surface area contributed by atoms with Gasteiger partial charge in [-0.05, 0) is 32.3 Å². The number of hydrogen-bond acceptors (Lipinski definition) is 4. The Hall–Kier alpha value is -1.35. The Morgan fingerprint density at radius 2 is 2.07 bits per heavy atom. The number of aliphatic imine (C=N–C) groups is 1. The van der Waals surface area contributed by atoms with Crippen LogP contribution < -0.4 is 15.5 Å². The Morgan fingerprint density at radius 1 is 1.26 bits per heavy atom. The monoisotopic (exact) mass is 499 g/mol. The highest BCUT2D eigenvalue weighted by molar-refractivity contribution is 14.0. The van der Waals surface area contributed by atoms with Crippen LogP contribution in [0, 0.1) is 6.92 Å². The quantitative estimate of drug-likeness (QED) is 0.344. The lowest BCUT2D eigenvalue weighted by molar-refractivity contribution is 0.789. The van der Waals surface area contributed by atoms with E-state index in [-0.39, 0.29) is 24.0 Å².